The topological polar surface area (TPSA) is 38.5 Å². The molecule has 0 spiro atoms. The van der Waals surface area contributed by atoms with Gasteiger partial charge in [0, 0.05) is 24.7 Å². The molecule has 0 amide bonds. The molecule has 1 fully saturated rings. The maximum absolute atomic E-state index is 5.99. The number of nitrogens with zero attached hydrogens (tertiary/aromatic N) is 1. The van der Waals surface area contributed by atoms with Crippen LogP contribution in [-0.4, -0.2) is 43.3 Å². The van der Waals surface area contributed by atoms with Gasteiger partial charge in [-0.3, -0.25) is 4.90 Å². The Morgan fingerprint density at radius 2 is 2.20 bits per heavy atom. The fourth-order valence-corrected chi connectivity index (χ4v) is 2.67. The highest BCUT2D eigenvalue weighted by atomic mass is 16.5. The Morgan fingerprint density at radius 3 is 2.60 bits per heavy atom. The first-order chi connectivity index (χ1) is 7.20. The highest BCUT2D eigenvalue weighted by Crippen LogP contribution is 2.27. The molecular formula is C12H26N2O. The van der Waals surface area contributed by atoms with Crippen molar-refractivity contribution in [1.82, 2.24) is 4.90 Å². The molecule has 0 bridgehead atoms. The molecule has 2 atom stereocenters. The summed E-state index contributed by atoms with van der Waals surface area (Å²) in [6, 6.07) is 0.569. The molecule has 0 saturated carbocycles. The molecule has 15 heavy (non-hydrogen) atoms. The van der Waals surface area contributed by atoms with E-state index in [1.54, 1.807) is 0 Å². The second-order valence-corrected chi connectivity index (χ2v) is 4.66. The van der Waals surface area contributed by atoms with Crippen LogP contribution in [-0.2, 0) is 4.74 Å². The van der Waals surface area contributed by atoms with Crippen LogP contribution in [0.15, 0.2) is 0 Å². The van der Waals surface area contributed by atoms with E-state index in [1.165, 1.54) is 12.8 Å². The number of rotatable bonds is 6. The Labute approximate surface area is 94.0 Å². The Morgan fingerprint density at radius 1 is 1.47 bits per heavy atom. The van der Waals surface area contributed by atoms with Crippen molar-refractivity contribution in [1.29, 1.82) is 0 Å². The molecular weight excluding hydrogens is 188 g/mol. The molecule has 0 aliphatic carbocycles. The summed E-state index contributed by atoms with van der Waals surface area (Å²) in [6.45, 7) is 7.02. The first kappa shape index (κ1) is 12.9. The predicted molar refractivity (Wildman–Crippen MR) is 64.0 cm³/mol. The number of likely N-dealkylation sites (N-methyl/N-ethyl adjacent to an activating group) is 1. The molecule has 1 rings (SSSR count). The lowest BCUT2D eigenvalue weighted by Gasteiger charge is -2.43. The van der Waals surface area contributed by atoms with Gasteiger partial charge in [0.05, 0.1) is 6.61 Å². The number of hydrogen-bond acceptors (Lipinski definition) is 3. The van der Waals surface area contributed by atoms with Crippen LogP contribution in [0, 0.1) is 0 Å². The van der Waals surface area contributed by atoms with Gasteiger partial charge in [0.1, 0.15) is 0 Å². The van der Waals surface area contributed by atoms with Crippen molar-refractivity contribution in [2.75, 3.05) is 26.8 Å². The largest absolute Gasteiger partial charge is 0.380 e. The molecule has 3 heteroatoms. The molecule has 1 aliphatic rings. The van der Waals surface area contributed by atoms with Crippen LogP contribution in [0.25, 0.3) is 0 Å². The molecule has 3 nitrogen and oxygen atoms in total. The predicted octanol–water partition coefficient (Wildman–Crippen LogP) is 1.61. The normalized spacial score (nSPS) is 25.8. The highest BCUT2D eigenvalue weighted by molar-refractivity contribution is 4.93. The monoisotopic (exact) mass is 214 g/mol. The summed E-state index contributed by atoms with van der Waals surface area (Å²) >= 11 is 0. The van der Waals surface area contributed by atoms with Crippen molar-refractivity contribution >= 4 is 0 Å². The molecule has 1 aliphatic heterocycles. The van der Waals surface area contributed by atoms with Crippen molar-refractivity contribution in [3.63, 3.8) is 0 Å². The summed E-state index contributed by atoms with van der Waals surface area (Å²) in [5, 5.41) is 0. The van der Waals surface area contributed by atoms with Gasteiger partial charge in [0.25, 0.3) is 0 Å². The Kier molecular flexibility index (Phi) is 5.03. The Hall–Kier alpha value is -0.120. The fourth-order valence-electron chi connectivity index (χ4n) is 2.67. The van der Waals surface area contributed by atoms with Gasteiger partial charge in [-0.25, -0.2) is 0 Å². The number of nitrogens with two attached hydrogens (primary N) is 1. The Bertz CT molecular complexity index is 174. The zero-order valence-corrected chi connectivity index (χ0v) is 10.5. The standard InChI is InChI=1S/C12H26N2O/c1-4-7-12(5-2,10-13)14(3)11-6-8-15-9-11/h11H,4-10,13H2,1-3H3. The summed E-state index contributed by atoms with van der Waals surface area (Å²) in [7, 11) is 2.21. The van der Waals surface area contributed by atoms with E-state index in [0.29, 0.717) is 6.04 Å². The third kappa shape index (κ3) is 2.71. The van der Waals surface area contributed by atoms with Crippen LogP contribution >= 0.6 is 0 Å². The second-order valence-electron chi connectivity index (χ2n) is 4.66. The number of ether oxygens (including phenoxy) is 1. The van der Waals surface area contributed by atoms with E-state index >= 15 is 0 Å². The third-order valence-corrected chi connectivity index (χ3v) is 3.96. The first-order valence-corrected chi connectivity index (χ1v) is 6.21. The second kappa shape index (κ2) is 5.83. The van der Waals surface area contributed by atoms with E-state index in [-0.39, 0.29) is 5.54 Å². The molecule has 2 N–H and O–H groups in total. The van der Waals surface area contributed by atoms with Crippen molar-refractivity contribution in [3.05, 3.63) is 0 Å². The molecule has 0 aromatic carbocycles. The van der Waals surface area contributed by atoms with Gasteiger partial charge in [0.15, 0.2) is 0 Å². The maximum atomic E-state index is 5.99. The van der Waals surface area contributed by atoms with E-state index in [4.69, 9.17) is 10.5 Å². The van der Waals surface area contributed by atoms with Gasteiger partial charge in [-0.2, -0.15) is 0 Å². The maximum Gasteiger partial charge on any atom is 0.0622 e. The fraction of sp³-hybridized carbons (Fsp3) is 1.00. The van der Waals surface area contributed by atoms with E-state index in [1.807, 2.05) is 0 Å². The average molecular weight is 214 g/mol. The minimum atomic E-state index is 0.188. The first-order valence-electron chi connectivity index (χ1n) is 6.21. The summed E-state index contributed by atoms with van der Waals surface area (Å²) < 4.78 is 5.46. The third-order valence-electron chi connectivity index (χ3n) is 3.96. The Balaban J connectivity index is 2.67. The van der Waals surface area contributed by atoms with Crippen LogP contribution in [0.1, 0.15) is 39.5 Å². The summed E-state index contributed by atoms with van der Waals surface area (Å²) in [5.74, 6) is 0. The van der Waals surface area contributed by atoms with E-state index in [2.05, 4.69) is 25.8 Å². The van der Waals surface area contributed by atoms with Gasteiger partial charge in [-0.15, -0.1) is 0 Å². The zero-order chi connectivity index (χ0) is 11.3. The summed E-state index contributed by atoms with van der Waals surface area (Å²) in [4.78, 5) is 2.48. The van der Waals surface area contributed by atoms with Crippen molar-refractivity contribution < 1.29 is 4.74 Å². The molecule has 0 radical (unpaired) electrons. The smallest absolute Gasteiger partial charge is 0.0622 e. The lowest BCUT2D eigenvalue weighted by molar-refractivity contribution is 0.0552. The van der Waals surface area contributed by atoms with E-state index < -0.39 is 0 Å². The van der Waals surface area contributed by atoms with E-state index in [0.717, 1.165) is 32.6 Å². The van der Waals surface area contributed by atoms with Crippen molar-refractivity contribution in [2.45, 2.75) is 51.1 Å². The lowest BCUT2D eigenvalue weighted by atomic mass is 9.87. The van der Waals surface area contributed by atoms with Crippen molar-refractivity contribution in [3.8, 4) is 0 Å². The van der Waals surface area contributed by atoms with Crippen LogP contribution < -0.4 is 5.73 Å². The van der Waals surface area contributed by atoms with Crippen LogP contribution in [0.4, 0.5) is 0 Å². The minimum absolute atomic E-state index is 0.188. The summed E-state index contributed by atoms with van der Waals surface area (Å²) in [6.07, 6.45) is 4.67. The van der Waals surface area contributed by atoms with E-state index in [9.17, 15) is 0 Å². The van der Waals surface area contributed by atoms with Gasteiger partial charge < -0.3 is 10.5 Å². The van der Waals surface area contributed by atoms with Gasteiger partial charge in [0.2, 0.25) is 0 Å². The quantitative estimate of drug-likeness (QED) is 0.730. The van der Waals surface area contributed by atoms with Crippen LogP contribution in [0.3, 0.4) is 0 Å². The SMILES string of the molecule is CCCC(CC)(CN)N(C)C1CCOC1. The highest BCUT2D eigenvalue weighted by Gasteiger charge is 2.36. The van der Waals surface area contributed by atoms with Crippen LogP contribution in [0.5, 0.6) is 0 Å². The number of hydrogen-bond donors (Lipinski definition) is 1. The zero-order valence-electron chi connectivity index (χ0n) is 10.5. The minimum Gasteiger partial charge on any atom is -0.380 e. The van der Waals surface area contributed by atoms with Gasteiger partial charge >= 0.3 is 0 Å². The molecule has 2 unspecified atom stereocenters. The molecule has 1 saturated heterocycles. The molecule has 90 valence electrons. The molecule has 0 aromatic rings. The lowest BCUT2D eigenvalue weighted by Crippen LogP contribution is -2.55. The average Bonchev–Trinajstić information content (AvgIpc) is 2.78. The van der Waals surface area contributed by atoms with Gasteiger partial charge in [-0.1, -0.05) is 20.3 Å². The molecule has 1 heterocycles. The van der Waals surface area contributed by atoms with Crippen LogP contribution in [0.2, 0.25) is 0 Å². The molecule has 0 aromatic heterocycles. The summed E-state index contributed by atoms with van der Waals surface area (Å²) in [5.41, 5.74) is 6.18. The van der Waals surface area contributed by atoms with Gasteiger partial charge in [-0.05, 0) is 26.3 Å². The van der Waals surface area contributed by atoms with Crippen molar-refractivity contribution in [2.24, 2.45) is 5.73 Å².